The monoisotopic (exact) mass is 824 g/mol. The number of amides is 4. The second-order valence-electron chi connectivity index (χ2n) is 12.6. The average Bonchev–Trinajstić information content (AvgIpc) is 3.53. The number of nitrogens with one attached hydrogen (secondary N) is 3. The van der Waals surface area contributed by atoms with Crippen molar-refractivity contribution in [3.63, 3.8) is 0 Å². The normalized spacial score (nSPS) is 10.6. The maximum absolute atomic E-state index is 13.3. The van der Waals surface area contributed by atoms with Crippen molar-refractivity contribution in [1.29, 1.82) is 5.26 Å². The lowest BCUT2D eigenvalue weighted by Gasteiger charge is -2.14. The number of anilines is 2. The van der Waals surface area contributed by atoms with Gasteiger partial charge < -0.3 is 25.8 Å². The van der Waals surface area contributed by atoms with Crippen LogP contribution in [-0.2, 0) is 26.2 Å². The molecule has 5 aromatic rings. The van der Waals surface area contributed by atoms with Crippen molar-refractivity contribution in [3.05, 3.63) is 102 Å². The van der Waals surface area contributed by atoms with Crippen LogP contribution in [0.25, 0.3) is 16.5 Å². The van der Waals surface area contributed by atoms with Crippen LogP contribution in [0.3, 0.4) is 0 Å². The number of nitriles is 1. The molecule has 0 atom stereocenters. The second kappa shape index (κ2) is 20.2. The Morgan fingerprint density at radius 3 is 2.16 bits per heavy atom. The molecule has 56 heavy (non-hydrogen) atoms. The van der Waals surface area contributed by atoms with Crippen LogP contribution in [0.1, 0.15) is 52.6 Å². The molecule has 17 heteroatoms. The molecule has 0 aliphatic heterocycles. The van der Waals surface area contributed by atoms with E-state index in [1.807, 2.05) is 61.5 Å². The van der Waals surface area contributed by atoms with Gasteiger partial charge in [-0.05, 0) is 37.3 Å². The number of hydrogen-bond acceptors (Lipinski definition) is 9. The average molecular weight is 826 g/mol. The van der Waals surface area contributed by atoms with E-state index in [1.165, 1.54) is 0 Å². The van der Waals surface area contributed by atoms with Crippen LogP contribution >= 0.6 is 34.8 Å². The minimum absolute atomic E-state index is 0. The summed E-state index contributed by atoms with van der Waals surface area (Å²) in [6.45, 7) is 8.06. The molecule has 0 aliphatic rings. The van der Waals surface area contributed by atoms with E-state index >= 15 is 0 Å². The molecule has 4 amide bonds. The number of alkyl halides is 3. The zero-order valence-corrected chi connectivity index (χ0v) is 31.7. The number of urea groups is 2. The molecule has 0 saturated heterocycles. The molecular weight excluding hydrogens is 783 g/mol. The van der Waals surface area contributed by atoms with Crippen LogP contribution in [0, 0.1) is 18.4 Å². The number of hydrogen-bond donors (Lipinski definition) is 4. The number of ether oxygens (including phenoxy) is 2. The van der Waals surface area contributed by atoms with Gasteiger partial charge in [-0.25, -0.2) is 19.1 Å². The van der Waals surface area contributed by atoms with Crippen molar-refractivity contribution >= 4 is 80.9 Å². The van der Waals surface area contributed by atoms with Crippen molar-refractivity contribution in [2.45, 2.75) is 58.2 Å². The van der Waals surface area contributed by atoms with Crippen molar-refractivity contribution in [3.8, 4) is 23.4 Å². The largest absolute Gasteiger partial charge is 0.457 e. The SMILES string of the molecule is C.C.Cc1ccc(-n2nc(C(C)(C)C)cc2NC(=O)Nc2ccc(Oc3ccnc(CC(=O)CNC(N)=O)c3)c3ccccc23)cc1.N#COC(=O)C(Cl)(Cl)Cl. The smallest absolute Gasteiger partial charge is 0.373 e. The van der Waals surface area contributed by atoms with Gasteiger partial charge in [0, 0.05) is 34.5 Å². The van der Waals surface area contributed by atoms with Gasteiger partial charge in [0.1, 0.15) is 17.3 Å². The van der Waals surface area contributed by atoms with Crippen molar-refractivity contribution in [2.24, 2.45) is 5.73 Å². The number of nitrogens with zero attached hydrogens (tertiary/aromatic N) is 4. The third-order valence-corrected chi connectivity index (χ3v) is 7.82. The topological polar surface area (TPSA) is 203 Å². The van der Waals surface area contributed by atoms with Gasteiger partial charge in [-0.1, -0.05) is 112 Å². The van der Waals surface area contributed by atoms with Crippen LogP contribution in [0.5, 0.6) is 11.5 Å². The first kappa shape index (κ1) is 46.3. The number of benzene rings is 3. The predicted molar refractivity (Wildman–Crippen MR) is 220 cm³/mol. The highest BCUT2D eigenvalue weighted by molar-refractivity contribution is 6.75. The summed E-state index contributed by atoms with van der Waals surface area (Å²) in [5.74, 6) is 0.146. The Bertz CT molecular complexity index is 2210. The highest BCUT2D eigenvalue weighted by Gasteiger charge is 2.33. The van der Waals surface area contributed by atoms with E-state index in [1.54, 1.807) is 35.1 Å². The summed E-state index contributed by atoms with van der Waals surface area (Å²) in [7, 11) is 0. The number of aryl methyl sites for hydroxylation is 1. The summed E-state index contributed by atoms with van der Waals surface area (Å²) in [4.78, 5) is 50.8. The Hall–Kier alpha value is -5.88. The first-order valence-electron chi connectivity index (χ1n) is 16.1. The lowest BCUT2D eigenvalue weighted by molar-refractivity contribution is -0.136. The summed E-state index contributed by atoms with van der Waals surface area (Å²) in [6, 6.07) is 23.1. The summed E-state index contributed by atoms with van der Waals surface area (Å²) >= 11 is 14.9. The van der Waals surface area contributed by atoms with E-state index < -0.39 is 21.8 Å². The highest BCUT2D eigenvalue weighted by atomic mass is 35.6. The Balaban J connectivity index is 0.000000879. The second-order valence-corrected chi connectivity index (χ2v) is 14.9. The number of primary amides is 1. The van der Waals surface area contributed by atoms with E-state index in [0.29, 0.717) is 28.7 Å². The quantitative estimate of drug-likeness (QED) is 0.0636. The minimum Gasteiger partial charge on any atom is -0.457 e. The minimum atomic E-state index is -2.16. The molecule has 0 radical (unpaired) electrons. The van der Waals surface area contributed by atoms with Gasteiger partial charge in [0.2, 0.25) is 0 Å². The first-order valence-corrected chi connectivity index (χ1v) is 17.2. The maximum atomic E-state index is 13.3. The molecule has 5 rings (SSSR count). The summed E-state index contributed by atoms with van der Waals surface area (Å²) < 4.78 is 9.45. The van der Waals surface area contributed by atoms with Gasteiger partial charge in [0.25, 0.3) is 10.0 Å². The Morgan fingerprint density at radius 2 is 1.57 bits per heavy atom. The fourth-order valence-corrected chi connectivity index (χ4v) is 4.87. The van der Waals surface area contributed by atoms with Crippen LogP contribution in [0.4, 0.5) is 21.1 Å². The van der Waals surface area contributed by atoms with Gasteiger partial charge in [0.15, 0.2) is 5.78 Å². The van der Waals surface area contributed by atoms with Crippen LogP contribution in [0.2, 0.25) is 0 Å². The molecule has 0 aliphatic carbocycles. The maximum Gasteiger partial charge on any atom is 0.373 e. The summed E-state index contributed by atoms with van der Waals surface area (Å²) in [5, 5.41) is 22.3. The Morgan fingerprint density at radius 1 is 0.911 bits per heavy atom. The number of pyridine rings is 1. The molecule has 0 bridgehead atoms. The molecule has 296 valence electrons. The zero-order chi connectivity index (χ0) is 39.6. The van der Waals surface area contributed by atoms with Crippen LogP contribution in [-0.4, -0.2) is 48.9 Å². The van der Waals surface area contributed by atoms with Crippen LogP contribution in [0.15, 0.2) is 85.1 Å². The number of ketones is 1. The highest BCUT2D eigenvalue weighted by Crippen LogP contribution is 2.35. The number of nitrogens with two attached hydrogens (primary N) is 1. The number of aromatic nitrogens is 3. The van der Waals surface area contributed by atoms with Gasteiger partial charge in [0.05, 0.1) is 35.7 Å². The number of carbonyl (C=O) groups excluding carboxylic acids is 4. The van der Waals surface area contributed by atoms with E-state index in [4.69, 9.17) is 55.6 Å². The Labute approximate surface area is 340 Å². The number of esters is 1. The van der Waals surface area contributed by atoms with Gasteiger partial charge in [-0.2, -0.15) is 5.10 Å². The molecule has 2 aromatic heterocycles. The molecule has 0 unspecified atom stereocenters. The third-order valence-electron chi connectivity index (χ3n) is 7.35. The number of fused-ring (bicyclic) bond motifs is 1. The number of carbonyl (C=O) groups is 4. The first-order chi connectivity index (χ1) is 25.4. The fourth-order valence-electron chi connectivity index (χ4n) is 4.75. The number of halogens is 3. The lowest BCUT2D eigenvalue weighted by atomic mass is 9.92. The molecule has 0 saturated carbocycles. The standard InChI is InChI=1S/C34H35N7O4.C3Cl3NO2.2CH4/c1-21-9-11-23(12-10-21)41-31(19-30(40-41)34(2,3)4)39-33(44)38-28-13-14-29(27-8-6-5-7-26(27)28)45-25-15-16-36-22(18-25)17-24(42)20-37-32(35)43;4-3(5,6)2(8)9-1-7;;/h5-16,18-19H,17,20H2,1-4H3,(H3,35,37,43)(H2,38,39,44);;2*1H4. The molecule has 0 fully saturated rings. The molecule has 3 aromatic carbocycles. The zero-order valence-electron chi connectivity index (χ0n) is 29.4. The van der Waals surface area contributed by atoms with E-state index in [0.717, 1.165) is 34.0 Å². The third kappa shape index (κ3) is 13.2. The van der Waals surface area contributed by atoms with Gasteiger partial charge in [-0.3, -0.25) is 15.1 Å². The molecular formula is C39H43Cl3N8O6. The summed E-state index contributed by atoms with van der Waals surface area (Å²) in [6.07, 6.45) is 2.63. The fraction of sp³-hybridized carbons (Fsp3) is 0.256. The van der Waals surface area contributed by atoms with E-state index in [2.05, 4.69) is 46.4 Å². The number of rotatable bonds is 9. The Kier molecular flexibility index (Phi) is 16.7. The molecule has 14 nitrogen and oxygen atoms in total. The molecule has 5 N–H and O–H groups in total. The van der Waals surface area contributed by atoms with Crippen molar-refractivity contribution < 1.29 is 28.7 Å². The van der Waals surface area contributed by atoms with Crippen molar-refractivity contribution in [2.75, 3.05) is 17.2 Å². The molecule has 0 spiro atoms. The van der Waals surface area contributed by atoms with Crippen molar-refractivity contribution in [1.82, 2.24) is 20.1 Å². The van der Waals surface area contributed by atoms with Gasteiger partial charge >= 0.3 is 18.0 Å². The van der Waals surface area contributed by atoms with Gasteiger partial charge in [-0.15, -0.1) is 5.26 Å². The molecule has 2 heterocycles. The number of Topliss-reactive ketones (excluding diaryl/α,β-unsaturated/α-hetero) is 1. The van der Waals surface area contributed by atoms with E-state index in [9.17, 15) is 19.2 Å². The lowest BCUT2D eigenvalue weighted by Crippen LogP contribution is -2.34. The van der Waals surface area contributed by atoms with E-state index in [-0.39, 0.29) is 39.0 Å². The van der Waals surface area contributed by atoms with Crippen LogP contribution < -0.4 is 26.4 Å². The predicted octanol–water partition coefficient (Wildman–Crippen LogP) is 8.90. The summed E-state index contributed by atoms with van der Waals surface area (Å²) in [5.41, 5.74) is 8.71.